The summed E-state index contributed by atoms with van der Waals surface area (Å²) in [6, 6.07) is 20.6. The van der Waals surface area contributed by atoms with E-state index >= 15 is 0 Å². The number of nitrogens with zero attached hydrogens (tertiary/aromatic N) is 2. The van der Waals surface area contributed by atoms with Crippen LogP contribution in [0.25, 0.3) is 31.9 Å². The summed E-state index contributed by atoms with van der Waals surface area (Å²) in [6.07, 6.45) is 0. The van der Waals surface area contributed by atoms with Crippen molar-refractivity contribution in [3.63, 3.8) is 0 Å². The van der Waals surface area contributed by atoms with Crippen LogP contribution in [0.5, 0.6) is 0 Å². The van der Waals surface area contributed by atoms with Crippen molar-refractivity contribution in [2.75, 3.05) is 0 Å². The van der Waals surface area contributed by atoms with Crippen LogP contribution in [-0.4, -0.2) is 8.75 Å². The molecule has 0 atom stereocenters. The molecule has 2 nitrogen and oxygen atoms in total. The fourth-order valence-electron chi connectivity index (χ4n) is 2.21. The molecule has 0 unspecified atom stereocenters. The van der Waals surface area contributed by atoms with Crippen LogP contribution in [0.2, 0.25) is 0 Å². The fraction of sp³-hybridized carbons (Fsp3) is 0. The molecular formula is C16H10N2S2. The van der Waals surface area contributed by atoms with Gasteiger partial charge in [0.25, 0.3) is 0 Å². The molecule has 4 rings (SSSR count). The second kappa shape index (κ2) is 4.81. The molecule has 0 bridgehead atoms. The van der Waals surface area contributed by atoms with Gasteiger partial charge in [0, 0.05) is 11.1 Å². The first-order valence-electron chi connectivity index (χ1n) is 6.29. The molecule has 0 radical (unpaired) electrons. The van der Waals surface area contributed by atoms with Gasteiger partial charge in [-0.3, -0.25) is 0 Å². The summed E-state index contributed by atoms with van der Waals surface area (Å²) in [4.78, 5) is 0. The average molecular weight is 294 g/mol. The van der Waals surface area contributed by atoms with E-state index in [1.807, 2.05) is 36.4 Å². The largest absolute Gasteiger partial charge is 0.190 e. The Bertz CT molecular complexity index is 774. The van der Waals surface area contributed by atoms with Crippen LogP contribution in [0.4, 0.5) is 0 Å². The lowest BCUT2D eigenvalue weighted by Crippen LogP contribution is -1.74. The summed E-state index contributed by atoms with van der Waals surface area (Å²) in [7, 11) is 0. The van der Waals surface area contributed by atoms with Crippen LogP contribution in [0.15, 0.2) is 60.7 Å². The van der Waals surface area contributed by atoms with Crippen molar-refractivity contribution in [2.24, 2.45) is 0 Å². The van der Waals surface area contributed by atoms with Crippen LogP contribution >= 0.6 is 23.1 Å². The highest BCUT2D eigenvalue weighted by Gasteiger charge is 2.16. The van der Waals surface area contributed by atoms with E-state index in [1.54, 1.807) is 0 Å². The Morgan fingerprint density at radius 1 is 0.550 bits per heavy atom. The molecule has 2 heterocycles. The minimum absolute atomic E-state index is 1.05. The predicted molar refractivity (Wildman–Crippen MR) is 86.2 cm³/mol. The van der Waals surface area contributed by atoms with Crippen LogP contribution in [0, 0.1) is 0 Å². The van der Waals surface area contributed by atoms with Gasteiger partial charge in [-0.1, -0.05) is 60.7 Å². The molecule has 2 aromatic carbocycles. The SMILES string of the molecule is c1ccc(-c2nsc3c(-c4ccccc4)nsc23)cc1. The maximum absolute atomic E-state index is 4.62. The van der Waals surface area contributed by atoms with E-state index in [2.05, 4.69) is 33.0 Å². The van der Waals surface area contributed by atoms with Gasteiger partial charge >= 0.3 is 0 Å². The third-order valence-electron chi connectivity index (χ3n) is 3.19. The first kappa shape index (κ1) is 11.8. The van der Waals surface area contributed by atoms with E-state index in [-0.39, 0.29) is 0 Å². The van der Waals surface area contributed by atoms with E-state index in [9.17, 15) is 0 Å². The zero-order valence-corrected chi connectivity index (χ0v) is 12.1. The molecule has 4 aromatic rings. The van der Waals surface area contributed by atoms with Crippen LogP contribution < -0.4 is 0 Å². The van der Waals surface area contributed by atoms with Gasteiger partial charge in [-0.05, 0) is 23.1 Å². The van der Waals surface area contributed by atoms with Gasteiger partial charge in [0.15, 0.2) is 0 Å². The van der Waals surface area contributed by atoms with Crippen LogP contribution in [-0.2, 0) is 0 Å². The number of rotatable bonds is 2. The smallest absolute Gasteiger partial charge is 0.104 e. The van der Waals surface area contributed by atoms with E-state index in [0.29, 0.717) is 0 Å². The molecule has 0 amide bonds. The van der Waals surface area contributed by atoms with Gasteiger partial charge < -0.3 is 0 Å². The number of hydrogen-bond acceptors (Lipinski definition) is 4. The summed E-state index contributed by atoms with van der Waals surface area (Å²) >= 11 is 3.07. The van der Waals surface area contributed by atoms with Gasteiger partial charge in [0.2, 0.25) is 0 Å². The van der Waals surface area contributed by atoms with Crippen molar-refractivity contribution in [1.82, 2.24) is 8.75 Å². The maximum atomic E-state index is 4.62. The Hall–Kier alpha value is -2.04. The maximum Gasteiger partial charge on any atom is 0.104 e. The monoisotopic (exact) mass is 294 g/mol. The third kappa shape index (κ3) is 1.85. The summed E-state index contributed by atoms with van der Waals surface area (Å²) in [5.74, 6) is 0. The second-order valence-corrected chi connectivity index (χ2v) is 6.00. The van der Waals surface area contributed by atoms with Gasteiger partial charge in [-0.25, -0.2) is 0 Å². The van der Waals surface area contributed by atoms with Gasteiger partial charge in [-0.2, -0.15) is 8.75 Å². The Morgan fingerprint density at radius 3 is 1.35 bits per heavy atom. The number of fused-ring (bicyclic) bond motifs is 1. The standard InChI is InChI=1S/C16H10N2S2/c1-3-7-11(8-4-1)13-15-16(20-17-13)14(18-19-15)12-9-5-2-6-10-12/h1-10H. The van der Waals surface area contributed by atoms with Crippen molar-refractivity contribution < 1.29 is 0 Å². The Kier molecular flexibility index (Phi) is 2.83. The highest BCUT2D eigenvalue weighted by atomic mass is 32.1. The molecule has 4 heteroatoms. The molecule has 96 valence electrons. The van der Waals surface area contributed by atoms with E-state index in [0.717, 1.165) is 22.5 Å². The number of aromatic nitrogens is 2. The molecule has 0 saturated carbocycles. The Balaban J connectivity index is 1.91. The van der Waals surface area contributed by atoms with Crippen molar-refractivity contribution in [3.8, 4) is 22.5 Å². The van der Waals surface area contributed by atoms with Crippen molar-refractivity contribution >= 4 is 32.5 Å². The minimum atomic E-state index is 1.05. The number of hydrogen-bond donors (Lipinski definition) is 0. The summed E-state index contributed by atoms with van der Waals surface area (Å²) < 4.78 is 11.6. The Morgan fingerprint density at radius 2 is 0.950 bits per heavy atom. The van der Waals surface area contributed by atoms with Crippen LogP contribution in [0.1, 0.15) is 0 Å². The predicted octanol–water partition coefficient (Wildman–Crippen LogP) is 5.09. The van der Waals surface area contributed by atoms with Crippen molar-refractivity contribution in [3.05, 3.63) is 60.7 Å². The lowest BCUT2D eigenvalue weighted by molar-refractivity contribution is 1.54. The molecular weight excluding hydrogens is 284 g/mol. The van der Waals surface area contributed by atoms with E-state index in [1.165, 1.54) is 32.5 Å². The van der Waals surface area contributed by atoms with Gasteiger partial charge in [-0.15, -0.1) is 0 Å². The van der Waals surface area contributed by atoms with E-state index in [4.69, 9.17) is 0 Å². The Labute approximate surface area is 124 Å². The first-order valence-corrected chi connectivity index (χ1v) is 7.84. The van der Waals surface area contributed by atoms with Crippen molar-refractivity contribution in [2.45, 2.75) is 0 Å². The second-order valence-electron chi connectivity index (χ2n) is 4.45. The quantitative estimate of drug-likeness (QED) is 0.515. The summed E-state index contributed by atoms with van der Waals surface area (Å²) in [5.41, 5.74) is 4.40. The number of benzene rings is 2. The lowest BCUT2D eigenvalue weighted by atomic mass is 10.1. The molecule has 0 N–H and O–H groups in total. The highest BCUT2D eigenvalue weighted by molar-refractivity contribution is 7.23. The van der Waals surface area contributed by atoms with Crippen LogP contribution in [0.3, 0.4) is 0 Å². The normalized spacial score (nSPS) is 11.0. The van der Waals surface area contributed by atoms with Crippen molar-refractivity contribution in [1.29, 1.82) is 0 Å². The third-order valence-corrected chi connectivity index (χ3v) is 5.02. The zero-order valence-electron chi connectivity index (χ0n) is 10.5. The fourth-order valence-corrected chi connectivity index (χ4v) is 4.17. The summed E-state index contributed by atoms with van der Waals surface area (Å²) in [5, 5.41) is 0. The molecule has 0 aliphatic carbocycles. The molecule has 0 spiro atoms. The average Bonchev–Trinajstić information content (AvgIpc) is 3.10. The highest BCUT2D eigenvalue weighted by Crippen LogP contribution is 2.39. The summed E-state index contributed by atoms with van der Waals surface area (Å²) in [6.45, 7) is 0. The van der Waals surface area contributed by atoms with E-state index < -0.39 is 0 Å². The first-order chi connectivity index (χ1) is 9.93. The van der Waals surface area contributed by atoms with Gasteiger partial charge in [0.1, 0.15) is 11.4 Å². The molecule has 20 heavy (non-hydrogen) atoms. The molecule has 0 aliphatic heterocycles. The molecule has 2 aromatic heterocycles. The van der Waals surface area contributed by atoms with Gasteiger partial charge in [0.05, 0.1) is 9.40 Å². The minimum Gasteiger partial charge on any atom is -0.190 e. The molecule has 0 fully saturated rings. The topological polar surface area (TPSA) is 25.8 Å². The lowest BCUT2D eigenvalue weighted by Gasteiger charge is -1.94. The zero-order chi connectivity index (χ0) is 13.4. The molecule has 0 aliphatic rings. The molecule has 0 saturated heterocycles.